The van der Waals surface area contributed by atoms with Crippen LogP contribution < -0.4 is 4.90 Å². The Hall–Kier alpha value is -2.19. The molecule has 5 nitrogen and oxygen atoms in total. The molecule has 1 amide bonds. The maximum Gasteiger partial charge on any atom is 0.420 e. The topological polar surface area (TPSA) is 66.3 Å². The largest absolute Gasteiger partial charge is 0.420 e. The summed E-state index contributed by atoms with van der Waals surface area (Å²) in [6, 6.07) is 3.85. The average Bonchev–Trinajstić information content (AvgIpc) is 2.85. The van der Waals surface area contributed by atoms with Gasteiger partial charge in [0.05, 0.1) is 24.1 Å². The molecule has 1 aliphatic heterocycles. The Kier molecular flexibility index (Phi) is 3.73. The fourth-order valence-corrected chi connectivity index (χ4v) is 2.51. The van der Waals surface area contributed by atoms with E-state index in [1.165, 1.54) is 23.2 Å². The normalized spacial score (nSPS) is 15.7. The van der Waals surface area contributed by atoms with Gasteiger partial charge in [0.1, 0.15) is 5.15 Å². The molecule has 23 heavy (non-hydrogen) atoms. The van der Waals surface area contributed by atoms with Gasteiger partial charge in [0.25, 0.3) is 5.91 Å². The quantitative estimate of drug-likeness (QED) is 0.851. The maximum atomic E-state index is 12.4. The molecule has 0 fully saturated rings. The Bertz CT molecular complexity index is 765. The van der Waals surface area contributed by atoms with E-state index >= 15 is 0 Å². The summed E-state index contributed by atoms with van der Waals surface area (Å²) >= 11 is 5.94. The van der Waals surface area contributed by atoms with Crippen molar-refractivity contribution in [3.8, 4) is 0 Å². The van der Waals surface area contributed by atoms with E-state index in [0.717, 1.165) is 12.3 Å². The molecular weight excluding hydrogens is 335 g/mol. The monoisotopic (exact) mass is 343 g/mol. The predicted molar refractivity (Wildman–Crippen MR) is 75.0 cm³/mol. The molecule has 0 radical (unpaired) electrons. The molecule has 1 aliphatic rings. The number of carbonyl (C=O) groups is 1. The first kappa shape index (κ1) is 15.7. The molecule has 3 rings (SSSR count). The zero-order valence-electron chi connectivity index (χ0n) is 11.4. The molecule has 3 heterocycles. The number of nitrogens with zero attached hydrogens (tertiary/aromatic N) is 3. The van der Waals surface area contributed by atoms with E-state index in [1.54, 1.807) is 0 Å². The van der Waals surface area contributed by atoms with Gasteiger partial charge >= 0.3 is 6.18 Å². The molecule has 0 aliphatic carbocycles. The van der Waals surface area contributed by atoms with Gasteiger partial charge in [-0.05, 0) is 18.2 Å². The molecule has 0 aromatic carbocycles. The van der Waals surface area contributed by atoms with Crippen molar-refractivity contribution < 1.29 is 23.1 Å². The first-order chi connectivity index (χ1) is 10.8. The number of amides is 1. The lowest BCUT2D eigenvalue weighted by Crippen LogP contribution is -2.24. The van der Waals surface area contributed by atoms with E-state index in [0.29, 0.717) is 16.8 Å². The van der Waals surface area contributed by atoms with E-state index in [4.69, 9.17) is 16.7 Å². The second-order valence-corrected chi connectivity index (χ2v) is 5.26. The number of hydrogen-bond acceptors (Lipinski definition) is 4. The van der Waals surface area contributed by atoms with Crippen molar-refractivity contribution in [2.24, 2.45) is 0 Å². The van der Waals surface area contributed by atoms with Crippen molar-refractivity contribution in [2.45, 2.75) is 18.8 Å². The molecule has 2 aromatic heterocycles. The lowest BCUT2D eigenvalue weighted by atomic mass is 10.2. The Balaban J connectivity index is 1.87. The van der Waals surface area contributed by atoms with Crippen LogP contribution in [-0.2, 0) is 6.54 Å². The highest BCUT2D eigenvalue weighted by molar-refractivity contribution is 6.31. The Morgan fingerprint density at radius 3 is 2.57 bits per heavy atom. The third-order valence-electron chi connectivity index (χ3n) is 3.47. The number of aliphatic hydroxyl groups excluding tert-OH is 1. The van der Waals surface area contributed by atoms with Gasteiger partial charge in [-0.25, -0.2) is 4.98 Å². The summed E-state index contributed by atoms with van der Waals surface area (Å²) < 4.78 is 37.3. The van der Waals surface area contributed by atoms with Crippen molar-refractivity contribution in [2.75, 3.05) is 4.90 Å². The number of aliphatic hydroxyl groups is 1. The number of carbonyl (C=O) groups excluding carboxylic acids is 1. The minimum absolute atomic E-state index is 0.156. The summed E-state index contributed by atoms with van der Waals surface area (Å²) in [5.74, 6) is -0.338. The minimum atomic E-state index is -4.80. The SMILES string of the molecule is O=C1c2ccnc(Cl)c2CN1c1ccc(C(O)C(F)(F)F)nc1. The molecule has 1 atom stereocenters. The lowest BCUT2D eigenvalue weighted by Gasteiger charge is -2.17. The maximum absolute atomic E-state index is 12.4. The van der Waals surface area contributed by atoms with Gasteiger partial charge < -0.3 is 10.0 Å². The smallest absolute Gasteiger partial charge is 0.378 e. The molecule has 0 saturated carbocycles. The summed E-state index contributed by atoms with van der Waals surface area (Å²) in [7, 11) is 0. The Morgan fingerprint density at radius 2 is 2.00 bits per heavy atom. The van der Waals surface area contributed by atoms with Crippen LogP contribution in [0.2, 0.25) is 5.15 Å². The van der Waals surface area contributed by atoms with Crippen LogP contribution in [0, 0.1) is 0 Å². The highest BCUT2D eigenvalue weighted by Gasteiger charge is 2.40. The summed E-state index contributed by atoms with van der Waals surface area (Å²) in [6.07, 6.45) is -4.95. The van der Waals surface area contributed by atoms with Crippen LogP contribution in [0.4, 0.5) is 18.9 Å². The average molecular weight is 344 g/mol. The zero-order valence-corrected chi connectivity index (χ0v) is 12.1. The number of aromatic nitrogens is 2. The lowest BCUT2D eigenvalue weighted by molar-refractivity contribution is -0.207. The summed E-state index contributed by atoms with van der Waals surface area (Å²) in [6.45, 7) is 0.156. The molecule has 120 valence electrons. The van der Waals surface area contributed by atoms with Crippen LogP contribution in [-0.4, -0.2) is 27.2 Å². The van der Waals surface area contributed by atoms with E-state index in [9.17, 15) is 18.0 Å². The molecule has 1 N–H and O–H groups in total. The van der Waals surface area contributed by atoms with Crippen LogP contribution in [0.15, 0.2) is 30.6 Å². The second-order valence-electron chi connectivity index (χ2n) is 4.90. The van der Waals surface area contributed by atoms with Gasteiger partial charge in [0.15, 0.2) is 6.10 Å². The predicted octanol–water partition coefficient (Wildman–Crippen LogP) is 2.89. The number of pyridine rings is 2. The zero-order chi connectivity index (χ0) is 16.8. The molecule has 0 spiro atoms. The van der Waals surface area contributed by atoms with Crippen LogP contribution in [0.1, 0.15) is 27.7 Å². The number of rotatable bonds is 2. The molecule has 0 bridgehead atoms. The van der Waals surface area contributed by atoms with Gasteiger partial charge in [0.2, 0.25) is 0 Å². The van der Waals surface area contributed by atoms with Crippen LogP contribution in [0.25, 0.3) is 0 Å². The van der Waals surface area contributed by atoms with Crippen molar-refractivity contribution in [3.05, 3.63) is 52.6 Å². The van der Waals surface area contributed by atoms with Crippen LogP contribution in [0.5, 0.6) is 0 Å². The van der Waals surface area contributed by atoms with Crippen LogP contribution >= 0.6 is 11.6 Å². The van der Waals surface area contributed by atoms with Gasteiger partial charge in [-0.3, -0.25) is 9.78 Å². The number of anilines is 1. The second kappa shape index (κ2) is 5.47. The number of halogens is 4. The minimum Gasteiger partial charge on any atom is -0.378 e. The third-order valence-corrected chi connectivity index (χ3v) is 3.79. The van der Waals surface area contributed by atoms with E-state index in [-0.39, 0.29) is 17.6 Å². The highest BCUT2D eigenvalue weighted by atomic mass is 35.5. The van der Waals surface area contributed by atoms with Crippen molar-refractivity contribution >= 4 is 23.2 Å². The summed E-state index contributed by atoms with van der Waals surface area (Å²) in [5.41, 5.74) is 0.716. The number of fused-ring (bicyclic) bond motifs is 1. The van der Waals surface area contributed by atoms with Gasteiger partial charge in [-0.1, -0.05) is 11.6 Å². The van der Waals surface area contributed by atoms with Gasteiger partial charge in [-0.2, -0.15) is 13.2 Å². The first-order valence-electron chi connectivity index (χ1n) is 6.45. The fourth-order valence-electron chi connectivity index (χ4n) is 2.29. The van der Waals surface area contributed by atoms with Gasteiger partial charge in [0, 0.05) is 17.3 Å². The van der Waals surface area contributed by atoms with E-state index < -0.39 is 18.0 Å². The standard InChI is InChI=1S/C14H9ClF3N3O2/c15-12-9-6-21(13(23)8(9)3-4-19-12)7-1-2-10(20-5-7)11(22)14(16,17)18/h1-5,11,22H,6H2. The van der Waals surface area contributed by atoms with Crippen molar-refractivity contribution in [1.82, 2.24) is 9.97 Å². The summed E-state index contributed by atoms with van der Waals surface area (Å²) in [4.78, 5) is 21.1. The molecular formula is C14H9ClF3N3O2. The molecule has 2 aromatic rings. The van der Waals surface area contributed by atoms with E-state index in [2.05, 4.69) is 9.97 Å². The fraction of sp³-hybridized carbons (Fsp3) is 0.214. The Labute approximate surface area is 133 Å². The molecule has 0 saturated heterocycles. The number of hydrogen-bond donors (Lipinski definition) is 1. The van der Waals surface area contributed by atoms with Crippen molar-refractivity contribution in [1.29, 1.82) is 0 Å². The molecule has 9 heteroatoms. The summed E-state index contributed by atoms with van der Waals surface area (Å²) in [5, 5.41) is 9.35. The molecule has 1 unspecified atom stereocenters. The number of alkyl halides is 3. The highest BCUT2D eigenvalue weighted by Crippen LogP contribution is 2.34. The van der Waals surface area contributed by atoms with Gasteiger partial charge in [-0.15, -0.1) is 0 Å². The van der Waals surface area contributed by atoms with E-state index in [1.807, 2.05) is 0 Å². The first-order valence-corrected chi connectivity index (χ1v) is 6.83. The van der Waals surface area contributed by atoms with Crippen molar-refractivity contribution in [3.63, 3.8) is 0 Å². The third kappa shape index (κ3) is 2.75. The van der Waals surface area contributed by atoms with Crippen LogP contribution in [0.3, 0.4) is 0 Å². The Morgan fingerprint density at radius 1 is 1.26 bits per heavy atom.